The molecule has 29 heavy (non-hydrogen) atoms. The van der Waals surface area contributed by atoms with Gasteiger partial charge in [0, 0.05) is 18.0 Å². The van der Waals surface area contributed by atoms with E-state index >= 15 is 0 Å². The summed E-state index contributed by atoms with van der Waals surface area (Å²) in [7, 11) is 0. The molecule has 0 unspecified atom stereocenters. The van der Waals surface area contributed by atoms with Crippen LogP contribution in [0.4, 0.5) is 5.69 Å². The van der Waals surface area contributed by atoms with Gasteiger partial charge in [0.05, 0.1) is 27.2 Å². The largest absolute Gasteiger partial charge is 0.454 e. The first-order chi connectivity index (χ1) is 13.9. The number of nitrogens with one attached hydrogen (secondary N) is 1. The molecule has 148 valence electrons. The molecule has 0 spiro atoms. The van der Waals surface area contributed by atoms with Gasteiger partial charge in [-0.1, -0.05) is 23.2 Å². The fourth-order valence-corrected chi connectivity index (χ4v) is 3.58. The number of fused-ring (bicyclic) bond motifs is 1. The van der Waals surface area contributed by atoms with Crippen LogP contribution in [0.2, 0.25) is 10.0 Å². The van der Waals surface area contributed by atoms with E-state index in [2.05, 4.69) is 9.97 Å². The zero-order chi connectivity index (χ0) is 20.5. The van der Waals surface area contributed by atoms with E-state index in [1.807, 2.05) is 0 Å². The Hall–Kier alpha value is -2.90. The average molecular weight is 432 g/mol. The fourth-order valence-electron chi connectivity index (χ4n) is 3.20. The number of carbonyl (C=O) groups is 2. The van der Waals surface area contributed by atoms with Crippen LogP contribution in [-0.4, -0.2) is 28.4 Å². The van der Waals surface area contributed by atoms with E-state index in [9.17, 15) is 14.4 Å². The lowest BCUT2D eigenvalue weighted by Gasteiger charge is -2.18. The summed E-state index contributed by atoms with van der Waals surface area (Å²) in [6.07, 6.45) is 1.20. The Morgan fingerprint density at radius 3 is 2.76 bits per heavy atom. The maximum absolute atomic E-state index is 12.5. The summed E-state index contributed by atoms with van der Waals surface area (Å²) >= 11 is 12.1. The predicted molar refractivity (Wildman–Crippen MR) is 110 cm³/mol. The van der Waals surface area contributed by atoms with Crippen LogP contribution in [0, 0.1) is 0 Å². The molecule has 2 heterocycles. The number of aromatic nitrogens is 2. The molecule has 1 aliphatic heterocycles. The summed E-state index contributed by atoms with van der Waals surface area (Å²) < 4.78 is 5.28. The zero-order valence-corrected chi connectivity index (χ0v) is 16.6. The Labute approximate surface area is 175 Å². The number of nitrogens with zero attached hydrogens (tertiary/aromatic N) is 2. The monoisotopic (exact) mass is 431 g/mol. The molecule has 1 saturated heterocycles. The van der Waals surface area contributed by atoms with Gasteiger partial charge in [-0.05, 0) is 42.8 Å². The normalized spacial score (nSPS) is 13.9. The number of halogens is 2. The van der Waals surface area contributed by atoms with Gasteiger partial charge in [0.25, 0.3) is 5.56 Å². The Balaban J connectivity index is 1.54. The molecule has 0 bridgehead atoms. The lowest BCUT2D eigenvalue weighted by Crippen LogP contribution is -2.24. The van der Waals surface area contributed by atoms with E-state index in [0.717, 1.165) is 6.42 Å². The maximum atomic E-state index is 12.5. The maximum Gasteiger partial charge on any atom is 0.338 e. The highest BCUT2D eigenvalue weighted by Crippen LogP contribution is 2.30. The van der Waals surface area contributed by atoms with Gasteiger partial charge < -0.3 is 14.6 Å². The third kappa shape index (κ3) is 3.97. The highest BCUT2D eigenvalue weighted by molar-refractivity contribution is 6.34. The van der Waals surface area contributed by atoms with Crippen LogP contribution < -0.4 is 10.5 Å². The smallest absolute Gasteiger partial charge is 0.338 e. The molecule has 0 atom stereocenters. The van der Waals surface area contributed by atoms with Crippen LogP contribution in [0.15, 0.2) is 41.2 Å². The highest BCUT2D eigenvalue weighted by Gasteiger charge is 2.24. The van der Waals surface area contributed by atoms with Gasteiger partial charge in [0.15, 0.2) is 0 Å². The molecule has 4 rings (SSSR count). The van der Waals surface area contributed by atoms with Crippen LogP contribution in [0.1, 0.15) is 29.0 Å². The molecular weight excluding hydrogens is 417 g/mol. The van der Waals surface area contributed by atoms with E-state index in [-0.39, 0.29) is 29.5 Å². The van der Waals surface area contributed by atoms with Crippen molar-refractivity contribution in [1.29, 1.82) is 0 Å². The topological polar surface area (TPSA) is 92.4 Å². The van der Waals surface area contributed by atoms with E-state index in [1.54, 1.807) is 29.2 Å². The molecule has 1 aliphatic rings. The van der Waals surface area contributed by atoms with Gasteiger partial charge in [-0.3, -0.25) is 9.59 Å². The molecule has 0 aliphatic carbocycles. The van der Waals surface area contributed by atoms with Crippen molar-refractivity contribution < 1.29 is 14.3 Å². The number of benzene rings is 2. The van der Waals surface area contributed by atoms with E-state index in [0.29, 0.717) is 39.6 Å². The van der Waals surface area contributed by atoms with Gasteiger partial charge in [-0.15, -0.1) is 0 Å². The number of aromatic amines is 1. The fraction of sp³-hybridized carbons (Fsp3) is 0.200. The quantitative estimate of drug-likeness (QED) is 0.635. The molecule has 0 radical (unpaired) electrons. The van der Waals surface area contributed by atoms with Crippen molar-refractivity contribution >= 4 is 51.7 Å². The second-order valence-corrected chi connectivity index (χ2v) is 7.41. The van der Waals surface area contributed by atoms with Crippen LogP contribution in [0.3, 0.4) is 0 Å². The second kappa shape index (κ2) is 7.85. The van der Waals surface area contributed by atoms with E-state index < -0.39 is 5.97 Å². The standard InChI is InChI=1S/C20H15Cl2N3O4/c21-12-4-5-13-15(9-12)23-17(24-19(13)27)10-29-20(28)11-3-6-14(22)16(8-11)25-7-1-2-18(25)26/h3-6,8-9H,1-2,7,10H2,(H,23,24,27). The Kier molecular flexibility index (Phi) is 5.25. The van der Waals surface area contributed by atoms with Crippen LogP contribution in [-0.2, 0) is 16.1 Å². The lowest BCUT2D eigenvalue weighted by atomic mass is 10.2. The third-order valence-electron chi connectivity index (χ3n) is 4.60. The number of rotatable bonds is 4. The van der Waals surface area contributed by atoms with Crippen molar-refractivity contribution in [3.63, 3.8) is 0 Å². The summed E-state index contributed by atoms with van der Waals surface area (Å²) in [5.74, 6) is -0.459. The number of esters is 1. The third-order valence-corrected chi connectivity index (χ3v) is 5.16. The number of carbonyl (C=O) groups excluding carboxylic acids is 2. The number of H-pyrrole nitrogens is 1. The predicted octanol–water partition coefficient (Wildman–Crippen LogP) is 3.71. The number of anilines is 1. The van der Waals surface area contributed by atoms with Crippen molar-refractivity contribution in [2.45, 2.75) is 19.4 Å². The van der Waals surface area contributed by atoms with Crippen molar-refractivity contribution in [2.75, 3.05) is 11.4 Å². The van der Waals surface area contributed by atoms with E-state index in [4.69, 9.17) is 27.9 Å². The van der Waals surface area contributed by atoms with Crippen molar-refractivity contribution in [3.8, 4) is 0 Å². The summed E-state index contributed by atoms with van der Waals surface area (Å²) in [5, 5.41) is 1.22. The molecule has 1 aromatic heterocycles. The SMILES string of the molecule is O=C(OCc1nc2cc(Cl)ccc2c(=O)[nH]1)c1ccc(Cl)c(N2CCCC2=O)c1. The first-order valence-corrected chi connectivity index (χ1v) is 9.63. The molecule has 1 amide bonds. The van der Waals surface area contributed by atoms with Crippen molar-refractivity contribution in [2.24, 2.45) is 0 Å². The molecule has 3 aromatic rings. The summed E-state index contributed by atoms with van der Waals surface area (Å²) in [6.45, 7) is 0.332. The van der Waals surface area contributed by atoms with Gasteiger partial charge in [0.2, 0.25) is 5.91 Å². The number of ether oxygens (including phenoxy) is 1. The average Bonchev–Trinajstić information content (AvgIpc) is 3.12. The number of hydrogen-bond acceptors (Lipinski definition) is 5. The van der Waals surface area contributed by atoms with Gasteiger partial charge >= 0.3 is 5.97 Å². The summed E-state index contributed by atoms with van der Waals surface area (Å²) in [5.41, 5.74) is 0.790. The highest BCUT2D eigenvalue weighted by atomic mass is 35.5. The Morgan fingerprint density at radius 2 is 2.00 bits per heavy atom. The van der Waals surface area contributed by atoms with Crippen LogP contribution in [0.5, 0.6) is 0 Å². The van der Waals surface area contributed by atoms with Gasteiger partial charge in [0.1, 0.15) is 12.4 Å². The summed E-state index contributed by atoms with van der Waals surface area (Å²) in [4.78, 5) is 45.0. The second-order valence-electron chi connectivity index (χ2n) is 6.57. The van der Waals surface area contributed by atoms with Gasteiger partial charge in [-0.25, -0.2) is 9.78 Å². The minimum atomic E-state index is -0.622. The zero-order valence-electron chi connectivity index (χ0n) is 15.1. The first-order valence-electron chi connectivity index (χ1n) is 8.88. The van der Waals surface area contributed by atoms with Gasteiger partial charge in [-0.2, -0.15) is 0 Å². The number of amides is 1. The minimum Gasteiger partial charge on any atom is -0.454 e. The lowest BCUT2D eigenvalue weighted by molar-refractivity contribution is -0.117. The molecule has 9 heteroatoms. The van der Waals surface area contributed by atoms with E-state index in [1.165, 1.54) is 12.1 Å². The molecule has 7 nitrogen and oxygen atoms in total. The Bertz CT molecular complexity index is 1190. The Morgan fingerprint density at radius 1 is 1.17 bits per heavy atom. The molecule has 0 saturated carbocycles. The summed E-state index contributed by atoms with van der Waals surface area (Å²) in [6, 6.07) is 9.35. The molecular formula is C20H15Cl2N3O4. The van der Waals surface area contributed by atoms with Crippen molar-refractivity contribution in [3.05, 3.63) is 68.2 Å². The minimum absolute atomic E-state index is 0.0333. The molecule has 1 fully saturated rings. The molecule has 2 aromatic carbocycles. The van der Waals surface area contributed by atoms with Crippen molar-refractivity contribution in [1.82, 2.24) is 9.97 Å². The first kappa shape index (κ1) is 19.4. The number of hydrogen-bond donors (Lipinski definition) is 1. The van der Waals surface area contributed by atoms with Crippen LogP contribution in [0.25, 0.3) is 10.9 Å². The molecule has 1 N–H and O–H groups in total. The van der Waals surface area contributed by atoms with Crippen LogP contribution >= 0.6 is 23.2 Å².